The van der Waals surface area contributed by atoms with Crippen molar-refractivity contribution in [3.63, 3.8) is 0 Å². The van der Waals surface area contributed by atoms with E-state index in [9.17, 15) is 14.4 Å². The Morgan fingerprint density at radius 1 is 1.30 bits per heavy atom. The number of terminal acetylenes is 1. The number of imide groups is 2. The van der Waals surface area contributed by atoms with E-state index in [0.717, 1.165) is 4.90 Å². The molecule has 1 fully saturated rings. The van der Waals surface area contributed by atoms with Gasteiger partial charge in [0, 0.05) is 0 Å². The Balaban J connectivity index is 1.86. The number of nitrogens with one attached hydrogen (secondary N) is 1. The predicted molar refractivity (Wildman–Crippen MR) is 99.2 cm³/mol. The number of benzene rings is 1. The summed E-state index contributed by atoms with van der Waals surface area (Å²) in [7, 11) is 0. The lowest BCUT2D eigenvalue weighted by Gasteiger charge is -2.25. The van der Waals surface area contributed by atoms with E-state index in [4.69, 9.17) is 15.6 Å². The highest BCUT2D eigenvalue weighted by Gasteiger charge is 2.36. The molecule has 1 aromatic carbocycles. The van der Waals surface area contributed by atoms with E-state index in [0.29, 0.717) is 21.5 Å². The van der Waals surface area contributed by atoms with Crippen LogP contribution in [0.3, 0.4) is 0 Å². The lowest BCUT2D eigenvalue weighted by Crippen LogP contribution is -2.53. The van der Waals surface area contributed by atoms with Crippen LogP contribution in [0.1, 0.15) is 11.3 Å². The van der Waals surface area contributed by atoms with Crippen LogP contribution in [0.4, 0.5) is 4.79 Å². The number of hydrogen-bond acceptors (Lipinski definition) is 5. The summed E-state index contributed by atoms with van der Waals surface area (Å²) in [4.78, 5) is 37.7. The topological polar surface area (TPSA) is 88.8 Å². The zero-order valence-electron chi connectivity index (χ0n) is 13.9. The molecule has 1 aromatic heterocycles. The van der Waals surface area contributed by atoms with Gasteiger partial charge in [-0.3, -0.25) is 19.8 Å². The molecule has 0 spiro atoms. The monoisotopic (exact) mass is 428 g/mol. The minimum absolute atomic E-state index is 0.0785. The van der Waals surface area contributed by atoms with E-state index < -0.39 is 17.8 Å². The lowest BCUT2D eigenvalue weighted by molar-refractivity contribution is -0.130. The van der Waals surface area contributed by atoms with Crippen LogP contribution in [-0.2, 0) is 16.1 Å². The van der Waals surface area contributed by atoms with Crippen LogP contribution < -0.4 is 10.1 Å². The SMILES string of the molecule is C#CCOc1ccc(C=C2C(=O)NC(=O)N(Cc3ccco3)C2=O)cc1Br. The highest BCUT2D eigenvalue weighted by Crippen LogP contribution is 2.27. The molecular formula is C19H13BrN2O5. The number of hydrogen-bond donors (Lipinski definition) is 1. The standard InChI is InChI=1S/C19H13BrN2O5/c1-2-7-27-16-6-5-12(10-15(16)20)9-14-17(23)21-19(25)22(18(14)24)11-13-4-3-8-26-13/h1,3-6,8-10H,7,11H2,(H,21,23,25). The van der Waals surface area contributed by atoms with Crippen molar-refractivity contribution in [3.8, 4) is 18.1 Å². The van der Waals surface area contributed by atoms with Gasteiger partial charge in [0.15, 0.2) is 0 Å². The molecule has 2 aromatic rings. The number of carbonyl (C=O) groups is 3. The number of nitrogens with zero attached hydrogens (tertiary/aromatic N) is 1. The number of halogens is 1. The van der Waals surface area contributed by atoms with Crippen molar-refractivity contribution in [2.75, 3.05) is 6.61 Å². The molecule has 0 unspecified atom stereocenters. The molecule has 0 bridgehead atoms. The van der Waals surface area contributed by atoms with Gasteiger partial charge in [0.25, 0.3) is 11.8 Å². The van der Waals surface area contributed by atoms with Crippen molar-refractivity contribution >= 4 is 39.9 Å². The first-order valence-electron chi connectivity index (χ1n) is 7.76. The van der Waals surface area contributed by atoms with E-state index in [1.165, 1.54) is 12.3 Å². The third kappa shape index (κ3) is 4.10. The molecule has 2 heterocycles. The number of ether oxygens (including phenoxy) is 1. The molecule has 3 rings (SSSR count). The summed E-state index contributed by atoms with van der Waals surface area (Å²) in [6, 6.07) is 7.48. The van der Waals surface area contributed by atoms with Crippen LogP contribution in [0.25, 0.3) is 6.08 Å². The fourth-order valence-corrected chi connectivity index (χ4v) is 2.92. The molecule has 0 radical (unpaired) electrons. The Kier molecular flexibility index (Phi) is 5.43. The largest absolute Gasteiger partial charge is 0.480 e. The van der Waals surface area contributed by atoms with Gasteiger partial charge in [-0.2, -0.15) is 0 Å². The highest BCUT2D eigenvalue weighted by atomic mass is 79.9. The minimum Gasteiger partial charge on any atom is -0.480 e. The van der Waals surface area contributed by atoms with Crippen LogP contribution >= 0.6 is 15.9 Å². The van der Waals surface area contributed by atoms with Gasteiger partial charge >= 0.3 is 6.03 Å². The van der Waals surface area contributed by atoms with E-state index in [-0.39, 0.29) is 18.7 Å². The fourth-order valence-electron chi connectivity index (χ4n) is 2.41. The van der Waals surface area contributed by atoms with Crippen LogP contribution in [0.15, 0.2) is 51.1 Å². The molecule has 1 N–H and O–H groups in total. The molecule has 8 heteroatoms. The Morgan fingerprint density at radius 2 is 2.11 bits per heavy atom. The Morgan fingerprint density at radius 3 is 2.78 bits per heavy atom. The first-order chi connectivity index (χ1) is 13.0. The second-order valence-electron chi connectivity index (χ2n) is 5.47. The number of carbonyl (C=O) groups excluding carboxylic acids is 3. The zero-order valence-corrected chi connectivity index (χ0v) is 15.5. The number of urea groups is 1. The predicted octanol–water partition coefficient (Wildman–Crippen LogP) is 2.72. The number of furan rings is 1. The third-order valence-corrected chi connectivity index (χ3v) is 4.28. The van der Waals surface area contributed by atoms with Gasteiger partial charge in [0.1, 0.15) is 23.7 Å². The summed E-state index contributed by atoms with van der Waals surface area (Å²) in [5, 5.41) is 2.16. The van der Waals surface area contributed by atoms with Crippen LogP contribution in [0.5, 0.6) is 5.75 Å². The summed E-state index contributed by atoms with van der Waals surface area (Å²) < 4.78 is 11.1. The van der Waals surface area contributed by atoms with Crippen LogP contribution in [-0.4, -0.2) is 29.4 Å². The van der Waals surface area contributed by atoms with Crippen molar-refractivity contribution in [2.45, 2.75) is 6.54 Å². The van der Waals surface area contributed by atoms with Crippen molar-refractivity contribution in [2.24, 2.45) is 0 Å². The van der Waals surface area contributed by atoms with E-state index >= 15 is 0 Å². The van der Waals surface area contributed by atoms with Gasteiger partial charge in [0.05, 0.1) is 17.3 Å². The summed E-state index contributed by atoms with van der Waals surface area (Å²) in [5.74, 6) is 1.85. The van der Waals surface area contributed by atoms with Gasteiger partial charge in [0.2, 0.25) is 0 Å². The summed E-state index contributed by atoms with van der Waals surface area (Å²) in [6.45, 7) is 0.0363. The first-order valence-corrected chi connectivity index (χ1v) is 8.56. The van der Waals surface area contributed by atoms with Gasteiger partial charge < -0.3 is 9.15 Å². The molecule has 4 amide bonds. The second kappa shape index (κ2) is 7.93. The van der Waals surface area contributed by atoms with Crippen molar-refractivity contribution in [1.82, 2.24) is 10.2 Å². The maximum Gasteiger partial charge on any atom is 0.331 e. The maximum absolute atomic E-state index is 12.6. The molecule has 7 nitrogen and oxygen atoms in total. The molecule has 136 valence electrons. The highest BCUT2D eigenvalue weighted by molar-refractivity contribution is 9.10. The Labute approximate surface area is 163 Å². The zero-order chi connectivity index (χ0) is 19.4. The van der Waals surface area contributed by atoms with Crippen LogP contribution in [0.2, 0.25) is 0 Å². The molecule has 1 aliphatic rings. The molecule has 0 aliphatic carbocycles. The number of barbiturate groups is 1. The van der Waals surface area contributed by atoms with Crippen molar-refractivity contribution in [1.29, 1.82) is 0 Å². The average Bonchev–Trinajstić information content (AvgIpc) is 3.15. The van der Waals surface area contributed by atoms with Crippen molar-refractivity contribution in [3.05, 3.63) is 58.0 Å². The smallest absolute Gasteiger partial charge is 0.331 e. The first kappa shape index (κ1) is 18.5. The van der Waals surface area contributed by atoms with E-state index in [1.54, 1.807) is 30.3 Å². The number of rotatable bonds is 5. The molecule has 0 saturated carbocycles. The van der Waals surface area contributed by atoms with Gasteiger partial charge in [-0.25, -0.2) is 4.79 Å². The van der Waals surface area contributed by atoms with E-state index in [1.807, 2.05) is 0 Å². The summed E-state index contributed by atoms with van der Waals surface area (Å²) in [5.41, 5.74) is 0.408. The third-order valence-electron chi connectivity index (χ3n) is 3.66. The van der Waals surface area contributed by atoms with Gasteiger partial charge in [-0.05, 0) is 51.8 Å². The van der Waals surface area contributed by atoms with Crippen LogP contribution in [0, 0.1) is 12.3 Å². The fraction of sp³-hybridized carbons (Fsp3) is 0.105. The second-order valence-corrected chi connectivity index (χ2v) is 6.32. The summed E-state index contributed by atoms with van der Waals surface area (Å²) in [6.07, 6.45) is 8.00. The number of amides is 4. The molecule has 27 heavy (non-hydrogen) atoms. The lowest BCUT2D eigenvalue weighted by atomic mass is 10.1. The summed E-state index contributed by atoms with van der Waals surface area (Å²) >= 11 is 3.35. The molecule has 1 saturated heterocycles. The average molecular weight is 429 g/mol. The Bertz CT molecular complexity index is 972. The maximum atomic E-state index is 12.6. The van der Waals surface area contributed by atoms with Gasteiger partial charge in [-0.15, -0.1) is 6.42 Å². The van der Waals surface area contributed by atoms with E-state index in [2.05, 4.69) is 27.2 Å². The quantitative estimate of drug-likeness (QED) is 0.449. The van der Waals surface area contributed by atoms with Gasteiger partial charge in [-0.1, -0.05) is 12.0 Å². The molecule has 0 atom stereocenters. The molecular weight excluding hydrogens is 416 g/mol. The van der Waals surface area contributed by atoms with Crippen molar-refractivity contribution < 1.29 is 23.5 Å². The Hall–Kier alpha value is -3.31. The normalized spacial score (nSPS) is 15.6. The molecule has 1 aliphatic heterocycles. The minimum atomic E-state index is -0.794.